The molecular weight excluding hydrogens is 368 g/mol. The van der Waals surface area contributed by atoms with E-state index >= 15 is 0 Å². The Morgan fingerprint density at radius 2 is 1.83 bits per heavy atom. The van der Waals surface area contributed by atoms with Crippen LogP contribution in [0.5, 0.6) is 0 Å². The number of rotatable bonds is 7. The molecule has 0 saturated heterocycles. The van der Waals surface area contributed by atoms with Crippen molar-refractivity contribution in [1.82, 2.24) is 15.1 Å². The third-order valence-corrected chi connectivity index (χ3v) is 5.93. The second-order valence-corrected chi connectivity index (χ2v) is 7.88. The molecule has 1 aliphatic carbocycles. The molecule has 2 rings (SSSR count). The highest BCUT2D eigenvalue weighted by atomic mass is 16.2. The van der Waals surface area contributed by atoms with Crippen molar-refractivity contribution in [2.24, 2.45) is 11.7 Å². The van der Waals surface area contributed by atoms with Crippen LogP contribution in [0.2, 0.25) is 0 Å². The zero-order chi connectivity index (χ0) is 21.2. The van der Waals surface area contributed by atoms with Crippen LogP contribution in [-0.2, 0) is 14.4 Å². The van der Waals surface area contributed by atoms with Gasteiger partial charge >= 0.3 is 0 Å². The Morgan fingerprint density at radius 3 is 2.48 bits per heavy atom. The molecule has 7 heteroatoms. The lowest BCUT2D eigenvalue weighted by Crippen LogP contribution is -2.50. The Kier molecular flexibility index (Phi) is 9.38. The summed E-state index contributed by atoms with van der Waals surface area (Å²) in [5.41, 5.74) is 6.24. The standard InChI is InChI=1S/C22H36N4O3/c1-3-25(4-2)22(29)21(23)17-11-13-18(14-12-17)24-19(27)16-26-15-9-7-5-6-8-10-20(26)28/h5-8,17-18,21H,3-4,9-16,23H2,1-2H3,(H,24,27)/b7-5-,8-6-. The summed E-state index contributed by atoms with van der Waals surface area (Å²) in [6, 6.07) is -0.378. The summed E-state index contributed by atoms with van der Waals surface area (Å²) in [5.74, 6) is 0.0498. The summed E-state index contributed by atoms with van der Waals surface area (Å²) in [7, 11) is 0. The third-order valence-electron chi connectivity index (χ3n) is 5.93. The lowest BCUT2D eigenvalue weighted by atomic mass is 9.81. The Labute approximate surface area is 174 Å². The van der Waals surface area contributed by atoms with Gasteiger partial charge in [-0.2, -0.15) is 0 Å². The molecule has 7 nitrogen and oxygen atoms in total. The Hall–Kier alpha value is -2.15. The predicted octanol–water partition coefficient (Wildman–Crippen LogP) is 1.59. The fourth-order valence-electron chi connectivity index (χ4n) is 4.09. The van der Waals surface area contributed by atoms with Crippen molar-refractivity contribution in [3.63, 3.8) is 0 Å². The van der Waals surface area contributed by atoms with Crippen molar-refractivity contribution in [1.29, 1.82) is 0 Å². The van der Waals surface area contributed by atoms with Gasteiger partial charge in [-0.15, -0.1) is 0 Å². The first kappa shape index (κ1) is 23.1. The average Bonchev–Trinajstić information content (AvgIpc) is 2.81. The minimum absolute atomic E-state index is 0.0234. The second kappa shape index (κ2) is 11.8. The van der Waals surface area contributed by atoms with E-state index in [1.165, 1.54) is 0 Å². The van der Waals surface area contributed by atoms with Crippen molar-refractivity contribution in [2.75, 3.05) is 26.2 Å². The highest BCUT2D eigenvalue weighted by Crippen LogP contribution is 2.27. The number of allylic oxidation sites excluding steroid dienone is 2. The molecule has 1 heterocycles. The fraction of sp³-hybridized carbons (Fsp3) is 0.682. The smallest absolute Gasteiger partial charge is 0.239 e. The van der Waals surface area contributed by atoms with E-state index in [0.717, 1.165) is 32.1 Å². The first-order valence-electron chi connectivity index (χ1n) is 10.9. The molecule has 1 aliphatic heterocycles. The van der Waals surface area contributed by atoms with Crippen LogP contribution in [0.15, 0.2) is 24.3 Å². The van der Waals surface area contributed by atoms with Crippen LogP contribution in [0.1, 0.15) is 52.4 Å². The van der Waals surface area contributed by atoms with Crippen molar-refractivity contribution < 1.29 is 14.4 Å². The first-order chi connectivity index (χ1) is 14.0. The topological polar surface area (TPSA) is 95.7 Å². The van der Waals surface area contributed by atoms with Gasteiger partial charge in [0.15, 0.2) is 0 Å². The van der Waals surface area contributed by atoms with Crippen LogP contribution in [0, 0.1) is 5.92 Å². The van der Waals surface area contributed by atoms with Gasteiger partial charge in [-0.3, -0.25) is 14.4 Å². The maximum Gasteiger partial charge on any atom is 0.239 e. The summed E-state index contributed by atoms with van der Waals surface area (Å²) in [4.78, 5) is 40.6. The lowest BCUT2D eigenvalue weighted by molar-refractivity contribution is -0.135. The van der Waals surface area contributed by atoms with E-state index in [2.05, 4.69) is 5.32 Å². The zero-order valence-corrected chi connectivity index (χ0v) is 17.8. The summed E-state index contributed by atoms with van der Waals surface area (Å²) < 4.78 is 0. The van der Waals surface area contributed by atoms with Crippen molar-refractivity contribution in [3.05, 3.63) is 24.3 Å². The summed E-state index contributed by atoms with van der Waals surface area (Å²) in [6.45, 7) is 5.93. The number of nitrogens with one attached hydrogen (secondary N) is 1. The second-order valence-electron chi connectivity index (χ2n) is 7.88. The van der Waals surface area contributed by atoms with Crippen LogP contribution >= 0.6 is 0 Å². The maximum absolute atomic E-state index is 12.5. The molecule has 29 heavy (non-hydrogen) atoms. The van der Waals surface area contributed by atoms with Gasteiger partial charge in [0.1, 0.15) is 0 Å². The van der Waals surface area contributed by atoms with Gasteiger partial charge < -0.3 is 20.9 Å². The summed E-state index contributed by atoms with van der Waals surface area (Å²) >= 11 is 0. The van der Waals surface area contributed by atoms with Crippen LogP contribution < -0.4 is 11.1 Å². The van der Waals surface area contributed by atoms with E-state index in [1.807, 2.05) is 38.2 Å². The molecule has 0 aromatic carbocycles. The molecule has 0 spiro atoms. The molecule has 162 valence electrons. The minimum Gasteiger partial charge on any atom is -0.352 e. The number of nitrogens with two attached hydrogens (primary N) is 1. The zero-order valence-electron chi connectivity index (χ0n) is 17.8. The van der Waals surface area contributed by atoms with E-state index in [1.54, 1.807) is 9.80 Å². The SMILES string of the molecule is CCN(CC)C(=O)C(N)C1CCC(NC(=O)CN2CC/C=C\C=C/CC2=O)CC1. The lowest BCUT2D eigenvalue weighted by Gasteiger charge is -2.34. The third kappa shape index (κ3) is 6.99. The molecule has 0 bridgehead atoms. The quantitative estimate of drug-likeness (QED) is 0.674. The van der Waals surface area contributed by atoms with Gasteiger partial charge in [0, 0.05) is 32.1 Å². The van der Waals surface area contributed by atoms with E-state index in [4.69, 9.17) is 5.73 Å². The Morgan fingerprint density at radius 1 is 1.17 bits per heavy atom. The molecular formula is C22H36N4O3. The monoisotopic (exact) mass is 404 g/mol. The van der Waals surface area contributed by atoms with Gasteiger partial charge in [-0.25, -0.2) is 0 Å². The largest absolute Gasteiger partial charge is 0.352 e. The van der Waals surface area contributed by atoms with Gasteiger partial charge in [0.2, 0.25) is 17.7 Å². The maximum atomic E-state index is 12.5. The van der Waals surface area contributed by atoms with Crippen molar-refractivity contribution in [2.45, 2.75) is 64.5 Å². The molecule has 1 unspecified atom stereocenters. The number of carbonyl (C=O) groups excluding carboxylic acids is 3. The molecule has 0 aromatic rings. The van der Waals surface area contributed by atoms with Crippen LogP contribution in [0.3, 0.4) is 0 Å². The van der Waals surface area contributed by atoms with E-state index in [-0.39, 0.29) is 36.2 Å². The number of likely N-dealkylation sites (N-methyl/N-ethyl adjacent to an activating group) is 1. The molecule has 2 aliphatic rings. The van der Waals surface area contributed by atoms with Gasteiger partial charge in [0.05, 0.1) is 12.6 Å². The summed E-state index contributed by atoms with van der Waals surface area (Å²) in [6.07, 6.45) is 12.0. The average molecular weight is 405 g/mol. The van der Waals surface area contributed by atoms with Gasteiger partial charge in [-0.1, -0.05) is 24.3 Å². The highest BCUT2D eigenvalue weighted by Gasteiger charge is 2.32. The van der Waals surface area contributed by atoms with E-state index in [9.17, 15) is 14.4 Å². The number of carbonyl (C=O) groups is 3. The van der Waals surface area contributed by atoms with Crippen LogP contribution in [0.4, 0.5) is 0 Å². The van der Waals surface area contributed by atoms with E-state index < -0.39 is 6.04 Å². The molecule has 3 N–H and O–H groups in total. The highest BCUT2D eigenvalue weighted by molar-refractivity contribution is 5.85. The first-order valence-corrected chi connectivity index (χ1v) is 10.9. The Bertz CT molecular complexity index is 620. The van der Waals surface area contributed by atoms with Gasteiger partial charge in [-0.05, 0) is 51.9 Å². The van der Waals surface area contributed by atoms with Crippen LogP contribution in [0.25, 0.3) is 0 Å². The summed E-state index contributed by atoms with van der Waals surface area (Å²) in [5, 5.41) is 3.07. The normalized spacial score (nSPS) is 25.9. The Balaban J connectivity index is 1.79. The molecule has 0 radical (unpaired) electrons. The number of hydrogen-bond acceptors (Lipinski definition) is 4. The number of hydrogen-bond donors (Lipinski definition) is 2. The molecule has 3 amide bonds. The fourth-order valence-corrected chi connectivity index (χ4v) is 4.09. The van der Waals surface area contributed by atoms with E-state index in [0.29, 0.717) is 26.1 Å². The number of nitrogens with zero attached hydrogens (tertiary/aromatic N) is 2. The molecule has 1 atom stereocenters. The van der Waals surface area contributed by atoms with Crippen molar-refractivity contribution >= 4 is 17.7 Å². The number of amides is 3. The van der Waals surface area contributed by atoms with Crippen molar-refractivity contribution in [3.8, 4) is 0 Å². The predicted molar refractivity (Wildman–Crippen MR) is 114 cm³/mol. The molecule has 1 saturated carbocycles. The van der Waals surface area contributed by atoms with Crippen LogP contribution in [-0.4, -0.2) is 65.8 Å². The minimum atomic E-state index is -0.463. The van der Waals surface area contributed by atoms with Gasteiger partial charge in [0.25, 0.3) is 0 Å². The molecule has 0 aromatic heterocycles. The molecule has 1 fully saturated rings.